The second-order valence-corrected chi connectivity index (χ2v) is 4.13. The van der Waals surface area contributed by atoms with Gasteiger partial charge < -0.3 is 15.5 Å². The van der Waals surface area contributed by atoms with Crippen LogP contribution in [0, 0.1) is 0 Å². The standard InChI is InChI=1S/C12H15NO3/c1-7(14)12(16)13-11-9-5-3-2-4-8(9)6-10(11)15/h2-5,7,10-11,14-15H,6H2,1H3,(H,13,16)/t7?,10-,11+/m1/s1. The molecule has 1 aliphatic rings. The molecule has 3 atom stereocenters. The van der Waals surface area contributed by atoms with Crippen molar-refractivity contribution in [2.75, 3.05) is 0 Å². The molecule has 1 aromatic carbocycles. The molecule has 0 saturated carbocycles. The van der Waals surface area contributed by atoms with Gasteiger partial charge in [-0.25, -0.2) is 0 Å². The van der Waals surface area contributed by atoms with Crippen molar-refractivity contribution in [1.82, 2.24) is 5.32 Å². The summed E-state index contributed by atoms with van der Waals surface area (Å²) in [4.78, 5) is 11.4. The predicted molar refractivity (Wildman–Crippen MR) is 58.7 cm³/mol. The van der Waals surface area contributed by atoms with Gasteiger partial charge in [0.2, 0.25) is 5.91 Å². The summed E-state index contributed by atoms with van der Waals surface area (Å²) in [6.07, 6.45) is -1.12. The average Bonchev–Trinajstić information content (AvgIpc) is 2.55. The molecule has 0 aromatic heterocycles. The molecular formula is C12H15NO3. The molecule has 4 heteroatoms. The Morgan fingerprint density at radius 1 is 1.50 bits per heavy atom. The number of carbonyl (C=O) groups excluding carboxylic acids is 1. The minimum Gasteiger partial charge on any atom is -0.390 e. The number of fused-ring (bicyclic) bond motifs is 1. The van der Waals surface area contributed by atoms with Gasteiger partial charge in [-0.15, -0.1) is 0 Å². The van der Waals surface area contributed by atoms with Crippen LogP contribution in [0.1, 0.15) is 24.1 Å². The van der Waals surface area contributed by atoms with Crippen LogP contribution in [-0.2, 0) is 11.2 Å². The number of carbonyl (C=O) groups is 1. The van der Waals surface area contributed by atoms with Crippen LogP contribution < -0.4 is 5.32 Å². The average molecular weight is 221 g/mol. The summed E-state index contributed by atoms with van der Waals surface area (Å²) < 4.78 is 0. The number of rotatable bonds is 2. The lowest BCUT2D eigenvalue weighted by molar-refractivity contribution is -0.130. The fourth-order valence-corrected chi connectivity index (χ4v) is 2.02. The Hall–Kier alpha value is -1.39. The Labute approximate surface area is 93.9 Å². The summed E-state index contributed by atoms with van der Waals surface area (Å²) in [5.41, 5.74) is 1.98. The molecule has 1 amide bonds. The Morgan fingerprint density at radius 2 is 2.19 bits per heavy atom. The van der Waals surface area contributed by atoms with Gasteiger partial charge in [0, 0.05) is 6.42 Å². The van der Waals surface area contributed by atoms with Crippen LogP contribution in [0.5, 0.6) is 0 Å². The van der Waals surface area contributed by atoms with E-state index in [1.54, 1.807) is 0 Å². The zero-order chi connectivity index (χ0) is 11.7. The highest BCUT2D eigenvalue weighted by Gasteiger charge is 2.32. The number of amides is 1. The number of hydrogen-bond acceptors (Lipinski definition) is 3. The maximum atomic E-state index is 11.4. The van der Waals surface area contributed by atoms with Crippen molar-refractivity contribution in [2.24, 2.45) is 0 Å². The number of hydrogen-bond donors (Lipinski definition) is 3. The third-order valence-corrected chi connectivity index (χ3v) is 2.88. The lowest BCUT2D eigenvalue weighted by Gasteiger charge is -2.18. The normalized spacial score (nSPS) is 24.9. The van der Waals surface area contributed by atoms with Crippen molar-refractivity contribution >= 4 is 5.91 Å². The van der Waals surface area contributed by atoms with E-state index in [1.807, 2.05) is 24.3 Å². The lowest BCUT2D eigenvalue weighted by atomic mass is 10.1. The fraction of sp³-hybridized carbons (Fsp3) is 0.417. The molecule has 0 fully saturated rings. The molecule has 16 heavy (non-hydrogen) atoms. The first-order valence-corrected chi connectivity index (χ1v) is 5.34. The van der Waals surface area contributed by atoms with Gasteiger partial charge in [-0.1, -0.05) is 24.3 Å². The topological polar surface area (TPSA) is 69.6 Å². The maximum Gasteiger partial charge on any atom is 0.249 e. The van der Waals surface area contributed by atoms with Crippen molar-refractivity contribution in [3.05, 3.63) is 35.4 Å². The smallest absolute Gasteiger partial charge is 0.249 e. The van der Waals surface area contributed by atoms with Gasteiger partial charge in [0.25, 0.3) is 0 Å². The molecule has 1 aromatic rings. The van der Waals surface area contributed by atoms with Gasteiger partial charge in [0.05, 0.1) is 12.1 Å². The van der Waals surface area contributed by atoms with Crippen LogP contribution in [0.3, 0.4) is 0 Å². The molecule has 0 heterocycles. The number of aliphatic hydroxyl groups is 2. The summed E-state index contributed by atoms with van der Waals surface area (Å²) in [6.45, 7) is 1.41. The monoisotopic (exact) mass is 221 g/mol. The highest BCUT2D eigenvalue weighted by Crippen LogP contribution is 2.31. The Balaban J connectivity index is 2.19. The van der Waals surface area contributed by atoms with E-state index in [0.717, 1.165) is 11.1 Å². The van der Waals surface area contributed by atoms with Crippen LogP contribution in [0.25, 0.3) is 0 Å². The van der Waals surface area contributed by atoms with Gasteiger partial charge in [0.15, 0.2) is 0 Å². The summed E-state index contributed by atoms with van der Waals surface area (Å²) >= 11 is 0. The second kappa shape index (κ2) is 4.23. The minimum absolute atomic E-state index is 0.404. The summed E-state index contributed by atoms with van der Waals surface area (Å²) in [7, 11) is 0. The first-order valence-electron chi connectivity index (χ1n) is 5.34. The van der Waals surface area contributed by atoms with E-state index in [9.17, 15) is 9.90 Å². The van der Waals surface area contributed by atoms with Crippen molar-refractivity contribution < 1.29 is 15.0 Å². The van der Waals surface area contributed by atoms with E-state index < -0.39 is 24.2 Å². The third-order valence-electron chi connectivity index (χ3n) is 2.88. The van der Waals surface area contributed by atoms with E-state index in [4.69, 9.17) is 5.11 Å². The molecule has 1 aliphatic carbocycles. The molecule has 0 radical (unpaired) electrons. The largest absolute Gasteiger partial charge is 0.390 e. The first-order chi connectivity index (χ1) is 7.59. The van der Waals surface area contributed by atoms with Gasteiger partial charge in [-0.05, 0) is 18.1 Å². The van der Waals surface area contributed by atoms with E-state index in [1.165, 1.54) is 6.92 Å². The molecule has 0 saturated heterocycles. The van der Waals surface area contributed by atoms with E-state index >= 15 is 0 Å². The Kier molecular flexibility index (Phi) is 2.94. The Bertz CT molecular complexity index is 403. The Morgan fingerprint density at radius 3 is 2.88 bits per heavy atom. The van der Waals surface area contributed by atoms with Crippen molar-refractivity contribution in [1.29, 1.82) is 0 Å². The van der Waals surface area contributed by atoms with E-state index in [2.05, 4.69) is 5.32 Å². The third kappa shape index (κ3) is 1.94. The highest BCUT2D eigenvalue weighted by molar-refractivity contribution is 5.80. The molecule has 0 aliphatic heterocycles. The van der Waals surface area contributed by atoms with Crippen LogP contribution in [0.2, 0.25) is 0 Å². The SMILES string of the molecule is CC(O)C(=O)N[C@H]1c2ccccc2C[C@H]1O. The number of nitrogens with one attached hydrogen (secondary N) is 1. The van der Waals surface area contributed by atoms with Crippen molar-refractivity contribution in [3.63, 3.8) is 0 Å². The molecule has 2 rings (SSSR count). The minimum atomic E-state index is -1.06. The van der Waals surface area contributed by atoms with Crippen molar-refractivity contribution in [3.8, 4) is 0 Å². The maximum absolute atomic E-state index is 11.4. The molecular weight excluding hydrogens is 206 g/mol. The van der Waals surface area contributed by atoms with Gasteiger partial charge in [-0.2, -0.15) is 0 Å². The summed E-state index contributed by atoms with van der Waals surface area (Å²) in [6, 6.07) is 7.20. The van der Waals surface area contributed by atoms with E-state index in [0.29, 0.717) is 6.42 Å². The predicted octanol–water partition coefficient (Wildman–Crippen LogP) is 0.142. The number of benzene rings is 1. The first kappa shape index (κ1) is 11.1. The molecule has 1 unspecified atom stereocenters. The zero-order valence-corrected chi connectivity index (χ0v) is 9.05. The fourth-order valence-electron chi connectivity index (χ4n) is 2.02. The van der Waals surface area contributed by atoms with Crippen LogP contribution in [0.4, 0.5) is 0 Å². The zero-order valence-electron chi connectivity index (χ0n) is 9.05. The quantitative estimate of drug-likeness (QED) is 0.665. The van der Waals surface area contributed by atoms with Crippen LogP contribution in [0.15, 0.2) is 24.3 Å². The molecule has 86 valence electrons. The second-order valence-electron chi connectivity index (χ2n) is 4.13. The summed E-state index contributed by atoms with van der Waals surface area (Å²) in [5, 5.41) is 21.6. The molecule has 0 spiro atoms. The molecule has 4 nitrogen and oxygen atoms in total. The molecule has 3 N–H and O–H groups in total. The summed E-state index contributed by atoms with van der Waals surface area (Å²) in [5.74, 6) is -0.458. The van der Waals surface area contributed by atoms with Crippen LogP contribution in [-0.4, -0.2) is 28.3 Å². The lowest BCUT2D eigenvalue weighted by Crippen LogP contribution is -2.39. The number of aliphatic hydroxyl groups excluding tert-OH is 2. The highest BCUT2D eigenvalue weighted by atomic mass is 16.3. The van der Waals surface area contributed by atoms with Crippen LogP contribution >= 0.6 is 0 Å². The van der Waals surface area contributed by atoms with Gasteiger partial charge in [-0.3, -0.25) is 4.79 Å². The van der Waals surface area contributed by atoms with E-state index in [-0.39, 0.29) is 0 Å². The molecule has 0 bridgehead atoms. The van der Waals surface area contributed by atoms with Crippen molar-refractivity contribution in [2.45, 2.75) is 31.6 Å². The van der Waals surface area contributed by atoms with Gasteiger partial charge in [0.1, 0.15) is 6.10 Å². The van der Waals surface area contributed by atoms with Gasteiger partial charge >= 0.3 is 0 Å².